The molecule has 0 radical (unpaired) electrons. The Hall–Kier alpha value is -1.77. The Bertz CT molecular complexity index is 681. The van der Waals surface area contributed by atoms with Crippen LogP contribution in [0, 0.1) is 5.92 Å². The van der Waals surface area contributed by atoms with Crippen molar-refractivity contribution >= 4 is 15.8 Å². The molecule has 1 aliphatic heterocycles. The Labute approximate surface area is 118 Å². The summed E-state index contributed by atoms with van der Waals surface area (Å²) in [4.78, 5) is 10.9. The van der Waals surface area contributed by atoms with E-state index in [2.05, 4.69) is 0 Å². The molecule has 0 saturated heterocycles. The van der Waals surface area contributed by atoms with Gasteiger partial charge in [0.2, 0.25) is 6.10 Å². The van der Waals surface area contributed by atoms with E-state index in [9.17, 15) is 26.4 Å². The maximum Gasteiger partial charge on any atom is 0.426 e. The number of carboxylic acid groups (broad SMARTS) is 1. The lowest BCUT2D eigenvalue weighted by Crippen LogP contribution is -2.47. The zero-order valence-corrected chi connectivity index (χ0v) is 11.5. The molecule has 5 nitrogen and oxygen atoms in total. The van der Waals surface area contributed by atoms with Gasteiger partial charge in [-0.15, -0.1) is 0 Å². The second-order valence-electron chi connectivity index (χ2n) is 4.77. The van der Waals surface area contributed by atoms with E-state index < -0.39 is 40.4 Å². The normalized spacial score (nSPS) is 22.3. The van der Waals surface area contributed by atoms with E-state index in [1.165, 1.54) is 0 Å². The molecule has 1 N–H and O–H groups in total. The molecule has 0 spiro atoms. The number of rotatable bonds is 2. The van der Waals surface area contributed by atoms with Gasteiger partial charge in [-0.25, -0.2) is 8.42 Å². The van der Waals surface area contributed by atoms with E-state index in [0.29, 0.717) is 0 Å². The second kappa shape index (κ2) is 4.90. The lowest BCUT2D eigenvalue weighted by atomic mass is 9.90. The van der Waals surface area contributed by atoms with Crippen molar-refractivity contribution in [1.29, 1.82) is 0 Å². The largest absolute Gasteiger partial charge is 0.481 e. The molecule has 0 amide bonds. The molecule has 0 unspecified atom stereocenters. The summed E-state index contributed by atoms with van der Waals surface area (Å²) in [5, 5.41) is 8.93. The highest BCUT2D eigenvalue weighted by Gasteiger charge is 2.52. The van der Waals surface area contributed by atoms with Crippen molar-refractivity contribution in [1.82, 2.24) is 0 Å². The zero-order valence-electron chi connectivity index (χ0n) is 10.7. The SMILES string of the molecule is CS(=O)(=O)c1ccc2c(c1)C[C@@H](C(=O)O)[C@@H](C(F)(F)F)O2. The summed E-state index contributed by atoms with van der Waals surface area (Å²) in [6, 6.07) is 3.39. The Kier molecular flexibility index (Phi) is 3.64. The van der Waals surface area contributed by atoms with Crippen LogP contribution in [-0.2, 0) is 21.1 Å². The van der Waals surface area contributed by atoms with E-state index in [1.54, 1.807) is 0 Å². The lowest BCUT2D eigenvalue weighted by molar-refractivity contribution is -0.217. The number of hydrogen-bond acceptors (Lipinski definition) is 4. The van der Waals surface area contributed by atoms with Crippen LogP contribution in [0.4, 0.5) is 13.2 Å². The average Bonchev–Trinajstić information content (AvgIpc) is 2.34. The number of alkyl halides is 3. The van der Waals surface area contributed by atoms with E-state index in [-0.39, 0.29) is 16.2 Å². The molecule has 116 valence electrons. The van der Waals surface area contributed by atoms with Crippen molar-refractivity contribution < 1.29 is 36.2 Å². The Morgan fingerprint density at radius 2 is 2.00 bits per heavy atom. The number of sulfone groups is 1. The Morgan fingerprint density at radius 3 is 2.48 bits per heavy atom. The molecular weight excluding hydrogens is 313 g/mol. The summed E-state index contributed by atoms with van der Waals surface area (Å²) < 4.78 is 66.1. The van der Waals surface area contributed by atoms with E-state index in [4.69, 9.17) is 9.84 Å². The third-order valence-corrected chi connectivity index (χ3v) is 4.27. The lowest BCUT2D eigenvalue weighted by Gasteiger charge is -2.32. The first-order valence-electron chi connectivity index (χ1n) is 5.79. The maximum atomic E-state index is 12.8. The minimum Gasteiger partial charge on any atom is -0.481 e. The standard InChI is InChI=1S/C12H11F3O5S/c1-21(18,19)7-2-3-9-6(4-7)5-8(11(16)17)10(20-9)12(13,14)15/h2-4,8,10H,5H2,1H3,(H,16,17)/t8-,10+/m1/s1. The molecule has 0 saturated carbocycles. The summed E-state index contributed by atoms with van der Waals surface area (Å²) in [5.41, 5.74) is 0.130. The van der Waals surface area contributed by atoms with Gasteiger partial charge in [0.05, 0.1) is 4.90 Å². The number of aliphatic carboxylic acids is 1. The monoisotopic (exact) mass is 324 g/mol. The van der Waals surface area contributed by atoms with Crippen molar-refractivity contribution in [2.75, 3.05) is 6.26 Å². The van der Waals surface area contributed by atoms with Gasteiger partial charge in [-0.1, -0.05) is 0 Å². The summed E-state index contributed by atoms with van der Waals surface area (Å²) in [6.07, 6.45) is -6.77. The highest BCUT2D eigenvalue weighted by Crippen LogP contribution is 2.39. The molecule has 0 fully saturated rings. The number of halogens is 3. The van der Waals surface area contributed by atoms with Crippen molar-refractivity contribution in [3.8, 4) is 5.75 Å². The first-order valence-corrected chi connectivity index (χ1v) is 7.68. The smallest absolute Gasteiger partial charge is 0.426 e. The van der Waals surface area contributed by atoms with Crippen LogP contribution >= 0.6 is 0 Å². The predicted octanol–water partition coefficient (Wildman–Crippen LogP) is 1.66. The van der Waals surface area contributed by atoms with E-state index in [1.807, 2.05) is 0 Å². The minimum atomic E-state index is -4.82. The summed E-state index contributed by atoms with van der Waals surface area (Å²) in [5.74, 6) is -3.61. The molecule has 0 bridgehead atoms. The number of benzene rings is 1. The third-order valence-electron chi connectivity index (χ3n) is 3.16. The molecule has 1 aromatic rings. The van der Waals surface area contributed by atoms with Gasteiger partial charge >= 0.3 is 12.1 Å². The fourth-order valence-electron chi connectivity index (χ4n) is 2.14. The van der Waals surface area contributed by atoms with Crippen molar-refractivity contribution in [2.24, 2.45) is 5.92 Å². The fraction of sp³-hybridized carbons (Fsp3) is 0.417. The molecule has 1 aliphatic rings. The van der Waals surface area contributed by atoms with Crippen LogP contribution in [0.25, 0.3) is 0 Å². The zero-order chi connectivity index (χ0) is 16.0. The topological polar surface area (TPSA) is 80.7 Å². The van der Waals surface area contributed by atoms with Gasteiger partial charge in [-0.3, -0.25) is 4.79 Å². The van der Waals surface area contributed by atoms with Crippen LogP contribution in [0.1, 0.15) is 5.56 Å². The molecule has 21 heavy (non-hydrogen) atoms. The number of carbonyl (C=O) groups is 1. The second-order valence-corrected chi connectivity index (χ2v) is 6.79. The van der Waals surface area contributed by atoms with Crippen molar-refractivity contribution in [3.63, 3.8) is 0 Å². The van der Waals surface area contributed by atoms with Crippen LogP contribution < -0.4 is 4.74 Å². The third kappa shape index (κ3) is 3.12. The van der Waals surface area contributed by atoms with Crippen LogP contribution in [0.5, 0.6) is 5.75 Å². The van der Waals surface area contributed by atoms with Crippen LogP contribution in [0.2, 0.25) is 0 Å². The van der Waals surface area contributed by atoms with Gasteiger partial charge in [0.25, 0.3) is 0 Å². The fourth-order valence-corrected chi connectivity index (χ4v) is 2.81. The molecule has 9 heteroatoms. The van der Waals surface area contributed by atoms with Crippen LogP contribution in [0.3, 0.4) is 0 Å². The molecule has 2 rings (SSSR count). The van der Waals surface area contributed by atoms with Gasteiger partial charge in [-0.2, -0.15) is 13.2 Å². The minimum absolute atomic E-state index is 0.0977. The van der Waals surface area contributed by atoms with Gasteiger partial charge in [0.15, 0.2) is 9.84 Å². The first-order chi connectivity index (χ1) is 9.50. The molecule has 1 aromatic carbocycles. The van der Waals surface area contributed by atoms with Crippen molar-refractivity contribution in [2.45, 2.75) is 23.6 Å². The van der Waals surface area contributed by atoms with Crippen LogP contribution in [-0.4, -0.2) is 38.0 Å². The van der Waals surface area contributed by atoms with Gasteiger partial charge in [0.1, 0.15) is 11.7 Å². The summed E-state index contributed by atoms with van der Waals surface area (Å²) in [7, 11) is -3.54. The highest BCUT2D eigenvalue weighted by molar-refractivity contribution is 7.90. The number of ether oxygens (including phenoxy) is 1. The number of carboxylic acids is 1. The molecule has 0 aromatic heterocycles. The van der Waals surface area contributed by atoms with Crippen LogP contribution in [0.15, 0.2) is 23.1 Å². The average molecular weight is 324 g/mol. The Morgan fingerprint density at radius 1 is 1.38 bits per heavy atom. The van der Waals surface area contributed by atoms with Crippen molar-refractivity contribution in [3.05, 3.63) is 23.8 Å². The maximum absolute atomic E-state index is 12.8. The molecular formula is C12H11F3O5S. The van der Waals surface area contributed by atoms with E-state index >= 15 is 0 Å². The summed E-state index contributed by atoms with van der Waals surface area (Å²) in [6.45, 7) is 0. The Balaban J connectivity index is 2.47. The summed E-state index contributed by atoms with van der Waals surface area (Å²) >= 11 is 0. The molecule has 2 atom stereocenters. The molecule has 0 aliphatic carbocycles. The highest BCUT2D eigenvalue weighted by atomic mass is 32.2. The molecule has 1 heterocycles. The quantitative estimate of drug-likeness (QED) is 0.895. The number of fused-ring (bicyclic) bond motifs is 1. The predicted molar refractivity (Wildman–Crippen MR) is 64.9 cm³/mol. The van der Waals surface area contributed by atoms with Gasteiger partial charge < -0.3 is 9.84 Å². The number of hydrogen-bond donors (Lipinski definition) is 1. The first kappa shape index (κ1) is 15.6. The van der Waals surface area contributed by atoms with Gasteiger partial charge in [-0.05, 0) is 30.2 Å². The van der Waals surface area contributed by atoms with E-state index in [0.717, 1.165) is 24.5 Å². The van der Waals surface area contributed by atoms with Gasteiger partial charge in [0, 0.05) is 6.26 Å².